The van der Waals surface area contributed by atoms with Crippen LogP contribution in [0.2, 0.25) is 0 Å². The second-order valence-electron chi connectivity index (χ2n) is 5.77. The highest BCUT2D eigenvalue weighted by Gasteiger charge is 2.30. The Morgan fingerprint density at radius 3 is 2.62 bits per heavy atom. The van der Waals surface area contributed by atoms with E-state index in [1.165, 1.54) is 0 Å². The summed E-state index contributed by atoms with van der Waals surface area (Å²) in [5.74, 6) is 1.10. The molecule has 0 radical (unpaired) electrons. The van der Waals surface area contributed by atoms with Crippen LogP contribution in [-0.2, 0) is 12.0 Å². The molecule has 0 fully saturated rings. The van der Waals surface area contributed by atoms with Crippen molar-refractivity contribution in [1.29, 1.82) is 0 Å². The summed E-state index contributed by atoms with van der Waals surface area (Å²) in [7, 11) is 1.55. The Morgan fingerprint density at radius 1 is 1.17 bits per heavy atom. The second kappa shape index (κ2) is 6.80. The standard InChI is InChI=1S/C18H19N3O3/c1-18(22,11-10-13-6-4-3-5-7-13)17-20-16(21-24-17)14-8-9-15(23-2)19-12-14/h3-9,12,22H,10-11H2,1-2H3/t18-/m1/s1. The molecule has 2 aromatic heterocycles. The van der Waals surface area contributed by atoms with Gasteiger partial charge in [0.1, 0.15) is 5.60 Å². The predicted octanol–water partition coefficient (Wildman–Crippen LogP) is 2.98. The van der Waals surface area contributed by atoms with E-state index in [0.717, 1.165) is 12.0 Å². The Kier molecular flexibility index (Phi) is 4.57. The molecule has 0 aliphatic rings. The highest BCUT2D eigenvalue weighted by atomic mass is 16.5. The maximum absolute atomic E-state index is 10.7. The van der Waals surface area contributed by atoms with Crippen LogP contribution >= 0.6 is 0 Å². The fourth-order valence-electron chi connectivity index (χ4n) is 2.33. The average molecular weight is 325 g/mol. The Morgan fingerprint density at radius 2 is 1.96 bits per heavy atom. The lowest BCUT2D eigenvalue weighted by Crippen LogP contribution is -2.22. The number of nitrogens with zero attached hydrogens (tertiary/aromatic N) is 3. The van der Waals surface area contributed by atoms with Crippen LogP contribution in [0.15, 0.2) is 53.2 Å². The van der Waals surface area contributed by atoms with Crippen molar-refractivity contribution in [3.63, 3.8) is 0 Å². The second-order valence-corrected chi connectivity index (χ2v) is 5.77. The van der Waals surface area contributed by atoms with Gasteiger partial charge >= 0.3 is 0 Å². The molecule has 3 rings (SSSR count). The lowest BCUT2D eigenvalue weighted by molar-refractivity contribution is 0.0147. The number of ether oxygens (including phenoxy) is 1. The third kappa shape index (κ3) is 3.60. The highest BCUT2D eigenvalue weighted by Crippen LogP contribution is 2.27. The minimum absolute atomic E-state index is 0.198. The zero-order valence-electron chi connectivity index (χ0n) is 13.6. The van der Waals surface area contributed by atoms with Gasteiger partial charge in [-0.05, 0) is 31.4 Å². The molecular formula is C18H19N3O3. The molecule has 0 saturated carbocycles. The molecule has 3 aromatic rings. The number of hydrogen-bond donors (Lipinski definition) is 1. The quantitative estimate of drug-likeness (QED) is 0.750. The minimum atomic E-state index is -1.19. The van der Waals surface area contributed by atoms with Crippen LogP contribution in [0, 0.1) is 0 Å². The zero-order valence-corrected chi connectivity index (χ0v) is 13.6. The number of methoxy groups -OCH3 is 1. The lowest BCUT2D eigenvalue weighted by atomic mass is 9.97. The molecule has 0 amide bonds. The van der Waals surface area contributed by atoms with Gasteiger partial charge in [-0.1, -0.05) is 35.5 Å². The molecule has 0 spiro atoms. The van der Waals surface area contributed by atoms with Gasteiger partial charge < -0.3 is 14.4 Å². The van der Waals surface area contributed by atoms with E-state index < -0.39 is 5.60 Å². The van der Waals surface area contributed by atoms with Crippen LogP contribution in [0.3, 0.4) is 0 Å². The molecule has 0 bridgehead atoms. The number of pyridine rings is 1. The summed E-state index contributed by atoms with van der Waals surface area (Å²) in [4.78, 5) is 8.43. The number of hydrogen-bond acceptors (Lipinski definition) is 6. The van der Waals surface area contributed by atoms with Gasteiger partial charge in [-0.15, -0.1) is 0 Å². The number of benzene rings is 1. The van der Waals surface area contributed by atoms with Gasteiger partial charge in [0.2, 0.25) is 11.7 Å². The van der Waals surface area contributed by atoms with E-state index in [2.05, 4.69) is 15.1 Å². The van der Waals surface area contributed by atoms with Crippen molar-refractivity contribution in [2.24, 2.45) is 0 Å². The topological polar surface area (TPSA) is 81.3 Å². The van der Waals surface area contributed by atoms with Crippen LogP contribution in [0.5, 0.6) is 5.88 Å². The van der Waals surface area contributed by atoms with Gasteiger partial charge in [0.25, 0.3) is 5.89 Å². The van der Waals surface area contributed by atoms with E-state index in [1.54, 1.807) is 32.4 Å². The van der Waals surface area contributed by atoms with Crippen LogP contribution in [0.25, 0.3) is 11.4 Å². The van der Waals surface area contributed by atoms with Crippen LogP contribution < -0.4 is 4.74 Å². The largest absolute Gasteiger partial charge is 0.481 e. The van der Waals surface area contributed by atoms with Gasteiger partial charge in [-0.25, -0.2) is 4.98 Å². The predicted molar refractivity (Wildman–Crippen MR) is 88.4 cm³/mol. The van der Waals surface area contributed by atoms with Crippen molar-refractivity contribution in [2.45, 2.75) is 25.4 Å². The molecule has 24 heavy (non-hydrogen) atoms. The Balaban J connectivity index is 1.73. The Hall–Kier alpha value is -2.73. The fourth-order valence-corrected chi connectivity index (χ4v) is 2.33. The van der Waals surface area contributed by atoms with Crippen molar-refractivity contribution in [3.05, 3.63) is 60.1 Å². The molecule has 6 nitrogen and oxygen atoms in total. The molecule has 2 heterocycles. The first-order valence-electron chi connectivity index (χ1n) is 7.69. The van der Waals surface area contributed by atoms with Crippen molar-refractivity contribution < 1.29 is 14.4 Å². The van der Waals surface area contributed by atoms with Crippen LogP contribution in [0.4, 0.5) is 0 Å². The van der Waals surface area contributed by atoms with Crippen molar-refractivity contribution in [2.75, 3.05) is 7.11 Å². The SMILES string of the molecule is COc1ccc(-c2noc([C@](C)(O)CCc3ccccc3)n2)cn1. The van der Waals surface area contributed by atoms with E-state index in [4.69, 9.17) is 9.26 Å². The van der Waals surface area contributed by atoms with Crippen molar-refractivity contribution >= 4 is 0 Å². The smallest absolute Gasteiger partial charge is 0.258 e. The molecule has 1 atom stereocenters. The zero-order chi connectivity index (χ0) is 17.0. The fraction of sp³-hybridized carbons (Fsp3) is 0.278. The molecule has 1 aromatic carbocycles. The molecule has 124 valence electrons. The molecule has 0 saturated heterocycles. The van der Waals surface area contributed by atoms with Gasteiger partial charge in [0.15, 0.2) is 0 Å². The first-order chi connectivity index (χ1) is 11.6. The summed E-state index contributed by atoms with van der Waals surface area (Å²) in [6.45, 7) is 1.68. The molecule has 1 N–H and O–H groups in total. The molecular weight excluding hydrogens is 306 g/mol. The van der Waals surface area contributed by atoms with E-state index in [-0.39, 0.29) is 5.89 Å². The first-order valence-corrected chi connectivity index (χ1v) is 7.69. The third-order valence-corrected chi connectivity index (χ3v) is 3.83. The summed E-state index contributed by atoms with van der Waals surface area (Å²) >= 11 is 0. The monoisotopic (exact) mass is 325 g/mol. The Bertz CT molecular complexity index is 783. The van der Waals surface area contributed by atoms with Gasteiger partial charge in [0.05, 0.1) is 7.11 Å². The number of aliphatic hydroxyl groups is 1. The maximum Gasteiger partial charge on any atom is 0.258 e. The average Bonchev–Trinajstić information content (AvgIpc) is 3.12. The summed E-state index contributed by atoms with van der Waals surface area (Å²) in [6.07, 6.45) is 2.81. The minimum Gasteiger partial charge on any atom is -0.481 e. The van der Waals surface area contributed by atoms with Crippen molar-refractivity contribution in [3.8, 4) is 17.3 Å². The van der Waals surface area contributed by atoms with Crippen LogP contribution in [-0.4, -0.2) is 27.3 Å². The van der Waals surface area contributed by atoms with E-state index in [1.807, 2.05) is 30.3 Å². The normalized spacial score (nSPS) is 13.5. The number of aryl methyl sites for hydroxylation is 1. The number of rotatable bonds is 6. The maximum atomic E-state index is 10.7. The molecule has 6 heteroatoms. The summed E-state index contributed by atoms with van der Waals surface area (Å²) in [5.41, 5.74) is 0.655. The lowest BCUT2D eigenvalue weighted by Gasteiger charge is -2.18. The van der Waals surface area contributed by atoms with Gasteiger partial charge in [0, 0.05) is 17.8 Å². The molecule has 0 aliphatic carbocycles. The van der Waals surface area contributed by atoms with E-state index in [9.17, 15) is 5.11 Å². The number of aromatic nitrogens is 3. The van der Waals surface area contributed by atoms with Crippen LogP contribution in [0.1, 0.15) is 24.8 Å². The van der Waals surface area contributed by atoms with Crippen molar-refractivity contribution in [1.82, 2.24) is 15.1 Å². The Labute approximate surface area is 140 Å². The van der Waals surface area contributed by atoms with Gasteiger partial charge in [-0.3, -0.25) is 0 Å². The third-order valence-electron chi connectivity index (χ3n) is 3.83. The van der Waals surface area contributed by atoms with E-state index in [0.29, 0.717) is 23.7 Å². The highest BCUT2D eigenvalue weighted by molar-refractivity contribution is 5.53. The summed E-state index contributed by atoms with van der Waals surface area (Å²) in [6, 6.07) is 13.5. The summed E-state index contributed by atoms with van der Waals surface area (Å²) < 4.78 is 10.3. The molecule has 0 unspecified atom stereocenters. The summed E-state index contributed by atoms with van der Waals surface area (Å²) in [5, 5.41) is 14.6. The molecule has 0 aliphatic heterocycles. The first kappa shape index (κ1) is 16.1. The van der Waals surface area contributed by atoms with E-state index >= 15 is 0 Å². The van der Waals surface area contributed by atoms with Gasteiger partial charge in [-0.2, -0.15) is 4.98 Å².